The number of para-hydroxylation sites is 1. The molecule has 3 rings (SSSR count). The molecule has 0 atom stereocenters. The van der Waals surface area contributed by atoms with Crippen molar-refractivity contribution in [1.82, 2.24) is 14.9 Å². The SMILES string of the molecule is O=C(CCNS(=O)(=O)c1ccc(Br)cc1)NCCN1CCN(c2ccccc2)CC1. The molecule has 1 aliphatic rings. The van der Waals surface area contributed by atoms with Crippen molar-refractivity contribution >= 4 is 37.5 Å². The van der Waals surface area contributed by atoms with Crippen LogP contribution in [0, 0.1) is 0 Å². The van der Waals surface area contributed by atoms with Crippen LogP contribution < -0.4 is 14.9 Å². The first-order valence-electron chi connectivity index (χ1n) is 9.98. The Hall–Kier alpha value is -1.94. The van der Waals surface area contributed by atoms with Crippen molar-refractivity contribution in [1.29, 1.82) is 0 Å². The molecule has 0 spiro atoms. The lowest BCUT2D eigenvalue weighted by atomic mass is 10.2. The van der Waals surface area contributed by atoms with Gasteiger partial charge >= 0.3 is 0 Å². The maximum Gasteiger partial charge on any atom is 0.240 e. The fraction of sp³-hybridized carbons (Fsp3) is 0.381. The van der Waals surface area contributed by atoms with Crippen LogP contribution in [0.15, 0.2) is 64.0 Å². The molecule has 2 aromatic rings. The molecular weight excluding hydrogens is 468 g/mol. The molecule has 9 heteroatoms. The second-order valence-corrected chi connectivity index (χ2v) is 9.80. The van der Waals surface area contributed by atoms with Crippen LogP contribution in [0.2, 0.25) is 0 Å². The molecule has 0 bridgehead atoms. The highest BCUT2D eigenvalue weighted by atomic mass is 79.9. The third-order valence-corrected chi connectivity index (χ3v) is 7.02. The Morgan fingerprint density at radius 1 is 0.933 bits per heavy atom. The van der Waals surface area contributed by atoms with Gasteiger partial charge in [-0.25, -0.2) is 13.1 Å². The van der Waals surface area contributed by atoms with Gasteiger partial charge in [-0.2, -0.15) is 0 Å². The van der Waals surface area contributed by atoms with Crippen molar-refractivity contribution in [3.63, 3.8) is 0 Å². The van der Waals surface area contributed by atoms with Crippen LogP contribution in [0.4, 0.5) is 5.69 Å². The summed E-state index contributed by atoms with van der Waals surface area (Å²) in [4.78, 5) is 16.9. The molecule has 1 heterocycles. The summed E-state index contributed by atoms with van der Waals surface area (Å²) in [6, 6.07) is 16.7. The molecule has 0 radical (unpaired) electrons. The summed E-state index contributed by atoms with van der Waals surface area (Å²) in [5.41, 5.74) is 1.25. The van der Waals surface area contributed by atoms with E-state index in [4.69, 9.17) is 0 Å². The Bertz CT molecular complexity index is 915. The van der Waals surface area contributed by atoms with Crippen LogP contribution in [-0.4, -0.2) is 65.0 Å². The van der Waals surface area contributed by atoms with Crippen LogP contribution >= 0.6 is 15.9 Å². The van der Waals surface area contributed by atoms with Crippen molar-refractivity contribution in [3.05, 3.63) is 59.1 Å². The Morgan fingerprint density at radius 2 is 1.60 bits per heavy atom. The van der Waals surface area contributed by atoms with Crippen LogP contribution in [0.1, 0.15) is 6.42 Å². The highest BCUT2D eigenvalue weighted by molar-refractivity contribution is 9.10. The molecule has 1 amide bonds. The molecule has 0 saturated carbocycles. The summed E-state index contributed by atoms with van der Waals surface area (Å²) >= 11 is 3.28. The predicted molar refractivity (Wildman–Crippen MR) is 122 cm³/mol. The molecular formula is C21H27BrN4O3S. The Morgan fingerprint density at radius 3 is 2.27 bits per heavy atom. The number of halogens is 1. The number of hydrogen-bond acceptors (Lipinski definition) is 5. The van der Waals surface area contributed by atoms with E-state index >= 15 is 0 Å². The molecule has 1 saturated heterocycles. The molecule has 1 aliphatic heterocycles. The van der Waals surface area contributed by atoms with Crippen molar-refractivity contribution in [2.45, 2.75) is 11.3 Å². The monoisotopic (exact) mass is 494 g/mol. The number of hydrogen-bond donors (Lipinski definition) is 2. The van der Waals surface area contributed by atoms with Crippen molar-refractivity contribution in [2.75, 3.05) is 50.7 Å². The normalized spacial score (nSPS) is 15.2. The maximum atomic E-state index is 12.2. The molecule has 7 nitrogen and oxygen atoms in total. The third kappa shape index (κ3) is 6.80. The molecule has 2 aromatic carbocycles. The lowest BCUT2D eigenvalue weighted by Gasteiger charge is -2.36. The Balaban J connectivity index is 1.30. The summed E-state index contributed by atoms with van der Waals surface area (Å²) in [5, 5.41) is 2.87. The zero-order chi connectivity index (χ0) is 21.4. The van der Waals surface area contributed by atoms with Crippen LogP contribution in [-0.2, 0) is 14.8 Å². The summed E-state index contributed by atoms with van der Waals surface area (Å²) in [7, 11) is -3.60. The number of amides is 1. The number of nitrogens with zero attached hydrogens (tertiary/aromatic N) is 2. The zero-order valence-corrected chi connectivity index (χ0v) is 19.2. The van der Waals surface area contributed by atoms with Gasteiger partial charge in [0.05, 0.1) is 4.90 Å². The first-order chi connectivity index (χ1) is 14.4. The van der Waals surface area contributed by atoms with Crippen LogP contribution in [0.25, 0.3) is 0 Å². The largest absolute Gasteiger partial charge is 0.369 e. The smallest absolute Gasteiger partial charge is 0.240 e. The third-order valence-electron chi connectivity index (χ3n) is 5.01. The number of sulfonamides is 1. The number of benzene rings is 2. The molecule has 1 fully saturated rings. The number of anilines is 1. The van der Waals surface area contributed by atoms with E-state index < -0.39 is 10.0 Å². The van der Waals surface area contributed by atoms with Gasteiger partial charge in [0.25, 0.3) is 0 Å². The number of carbonyl (C=O) groups is 1. The zero-order valence-electron chi connectivity index (χ0n) is 16.8. The van der Waals surface area contributed by atoms with Crippen molar-refractivity contribution in [2.24, 2.45) is 0 Å². The molecule has 0 aromatic heterocycles. The Labute approximate surface area is 186 Å². The van der Waals surface area contributed by atoms with Gasteiger partial charge in [-0.15, -0.1) is 0 Å². The van der Waals surface area contributed by atoms with Crippen molar-refractivity contribution in [3.8, 4) is 0 Å². The van der Waals surface area contributed by atoms with Crippen LogP contribution in [0.3, 0.4) is 0 Å². The molecule has 30 heavy (non-hydrogen) atoms. The number of nitrogens with one attached hydrogen (secondary N) is 2. The second kappa shape index (κ2) is 10.9. The summed E-state index contributed by atoms with van der Waals surface area (Å²) in [6.45, 7) is 5.27. The second-order valence-electron chi connectivity index (χ2n) is 7.12. The van der Waals surface area contributed by atoms with Gasteiger partial charge in [-0.3, -0.25) is 9.69 Å². The lowest BCUT2D eigenvalue weighted by Crippen LogP contribution is -2.48. The van der Waals surface area contributed by atoms with E-state index in [1.165, 1.54) is 17.8 Å². The molecule has 0 aliphatic carbocycles. The molecule has 0 unspecified atom stereocenters. The van der Waals surface area contributed by atoms with E-state index in [1.807, 2.05) is 6.07 Å². The van der Waals surface area contributed by atoms with Gasteiger partial charge in [-0.1, -0.05) is 34.1 Å². The van der Waals surface area contributed by atoms with E-state index in [2.05, 4.69) is 60.0 Å². The highest BCUT2D eigenvalue weighted by Crippen LogP contribution is 2.15. The minimum atomic E-state index is -3.60. The first kappa shape index (κ1) is 22.7. The van der Waals surface area contributed by atoms with E-state index in [9.17, 15) is 13.2 Å². The lowest BCUT2D eigenvalue weighted by molar-refractivity contribution is -0.120. The predicted octanol–water partition coefficient (Wildman–Crippen LogP) is 2.06. The van der Waals surface area contributed by atoms with E-state index in [-0.39, 0.29) is 23.8 Å². The number of carbonyl (C=O) groups excluding carboxylic acids is 1. The van der Waals surface area contributed by atoms with Gasteiger partial charge < -0.3 is 10.2 Å². The standard InChI is InChI=1S/C21H27BrN4O3S/c22-18-6-8-20(9-7-18)30(28,29)24-11-10-21(27)23-12-13-25-14-16-26(17-15-25)19-4-2-1-3-5-19/h1-9,24H,10-17H2,(H,23,27). The summed E-state index contributed by atoms with van der Waals surface area (Å²) in [6.07, 6.45) is 0.109. The average Bonchev–Trinajstić information content (AvgIpc) is 2.75. The minimum Gasteiger partial charge on any atom is -0.369 e. The molecule has 2 N–H and O–H groups in total. The quantitative estimate of drug-likeness (QED) is 0.557. The van der Waals surface area contributed by atoms with Gasteiger partial charge in [0.2, 0.25) is 15.9 Å². The number of piperazine rings is 1. The van der Waals surface area contributed by atoms with Crippen molar-refractivity contribution < 1.29 is 13.2 Å². The fourth-order valence-electron chi connectivity index (χ4n) is 3.31. The van der Waals surface area contributed by atoms with Gasteiger partial charge in [0, 0.05) is 62.4 Å². The number of rotatable bonds is 9. The highest BCUT2D eigenvalue weighted by Gasteiger charge is 2.17. The minimum absolute atomic E-state index is 0.0694. The van der Waals surface area contributed by atoms with E-state index in [1.54, 1.807) is 12.1 Å². The van der Waals surface area contributed by atoms with E-state index in [0.717, 1.165) is 37.2 Å². The Kier molecular flexibility index (Phi) is 8.26. The van der Waals surface area contributed by atoms with Gasteiger partial charge in [-0.05, 0) is 36.4 Å². The molecule has 162 valence electrons. The summed E-state index contributed by atoms with van der Waals surface area (Å²) < 4.78 is 27.7. The first-order valence-corrected chi connectivity index (χ1v) is 12.3. The average molecular weight is 495 g/mol. The van der Waals surface area contributed by atoms with E-state index in [0.29, 0.717) is 6.54 Å². The van der Waals surface area contributed by atoms with Gasteiger partial charge in [0.1, 0.15) is 0 Å². The van der Waals surface area contributed by atoms with Gasteiger partial charge in [0.15, 0.2) is 0 Å². The van der Waals surface area contributed by atoms with Crippen LogP contribution in [0.5, 0.6) is 0 Å². The maximum absolute atomic E-state index is 12.2. The summed E-state index contributed by atoms with van der Waals surface area (Å²) in [5.74, 6) is -0.156. The topological polar surface area (TPSA) is 81.7 Å². The fourth-order valence-corrected chi connectivity index (χ4v) is 4.60.